The lowest BCUT2D eigenvalue weighted by Gasteiger charge is -2.37. The molecule has 4 nitrogen and oxygen atoms in total. The summed E-state index contributed by atoms with van der Waals surface area (Å²) in [5.41, 5.74) is 4.84. The fourth-order valence-electron chi connectivity index (χ4n) is 5.37. The molecule has 3 aromatic carbocycles. The van der Waals surface area contributed by atoms with E-state index in [1.807, 2.05) is 69.3 Å². The molecule has 1 aliphatic heterocycles. The Hall–Kier alpha value is -3.37. The molecule has 1 heterocycles. The maximum absolute atomic E-state index is 13.8. The molecule has 5 rings (SSSR count). The van der Waals surface area contributed by atoms with Crippen LogP contribution in [-0.4, -0.2) is 17.9 Å². The van der Waals surface area contributed by atoms with Crippen LogP contribution in [-0.2, 0) is 14.3 Å². The van der Waals surface area contributed by atoms with Crippen molar-refractivity contribution in [1.29, 1.82) is 0 Å². The molecule has 5 heteroatoms. The summed E-state index contributed by atoms with van der Waals surface area (Å²) in [5.74, 6) is -0.764. The van der Waals surface area contributed by atoms with Gasteiger partial charge in [-0.15, -0.1) is 0 Å². The maximum atomic E-state index is 13.8. The van der Waals surface area contributed by atoms with E-state index in [1.54, 1.807) is 0 Å². The van der Waals surface area contributed by atoms with E-state index >= 15 is 0 Å². The first-order valence-corrected chi connectivity index (χ1v) is 12.4. The summed E-state index contributed by atoms with van der Waals surface area (Å²) in [5, 5.41) is 6.20. The Balaban J connectivity index is 1.66. The van der Waals surface area contributed by atoms with Crippen molar-refractivity contribution in [2.45, 2.75) is 51.6 Å². The molecule has 0 saturated heterocycles. The maximum Gasteiger partial charge on any atom is 0.337 e. The average molecular weight is 486 g/mol. The van der Waals surface area contributed by atoms with Crippen molar-refractivity contribution in [2.75, 3.05) is 0 Å². The number of ketones is 1. The van der Waals surface area contributed by atoms with Crippen molar-refractivity contribution in [3.63, 3.8) is 0 Å². The molecule has 178 valence electrons. The van der Waals surface area contributed by atoms with Crippen molar-refractivity contribution in [3.05, 3.63) is 105 Å². The zero-order valence-corrected chi connectivity index (χ0v) is 20.9. The second kappa shape index (κ2) is 9.35. The first-order chi connectivity index (χ1) is 16.8. The summed E-state index contributed by atoms with van der Waals surface area (Å²) < 4.78 is 5.66. The Morgan fingerprint density at radius 2 is 1.71 bits per heavy atom. The topological polar surface area (TPSA) is 55.4 Å². The number of hydrogen-bond donors (Lipinski definition) is 1. The van der Waals surface area contributed by atoms with Crippen LogP contribution >= 0.6 is 11.6 Å². The first kappa shape index (κ1) is 23.4. The molecular formula is C30H28ClNO3. The van der Waals surface area contributed by atoms with Crippen molar-refractivity contribution in [3.8, 4) is 0 Å². The average Bonchev–Trinajstić information content (AvgIpc) is 2.82. The third kappa shape index (κ3) is 4.39. The highest BCUT2D eigenvalue weighted by atomic mass is 35.5. The summed E-state index contributed by atoms with van der Waals surface area (Å²) >= 11 is 6.09. The summed E-state index contributed by atoms with van der Waals surface area (Å²) in [6.45, 7) is 5.57. The quantitative estimate of drug-likeness (QED) is 0.412. The largest absolute Gasteiger partial charge is 0.460 e. The number of Topliss-reactive ketones (excluding diaryl/α,β-unsaturated/α-hetero) is 1. The van der Waals surface area contributed by atoms with Crippen LogP contribution in [0.5, 0.6) is 0 Å². The number of dihydropyridines is 1. The fraction of sp³-hybridized carbons (Fsp3) is 0.267. The van der Waals surface area contributed by atoms with E-state index in [9.17, 15) is 9.59 Å². The minimum Gasteiger partial charge on any atom is -0.460 e. The Labute approximate surface area is 210 Å². The van der Waals surface area contributed by atoms with Crippen LogP contribution in [0.3, 0.4) is 0 Å². The number of hydrogen-bond acceptors (Lipinski definition) is 4. The monoisotopic (exact) mass is 485 g/mol. The molecule has 0 unspecified atom stereocenters. The fourth-order valence-corrected chi connectivity index (χ4v) is 5.50. The van der Waals surface area contributed by atoms with Gasteiger partial charge in [0.15, 0.2) is 5.78 Å². The highest BCUT2D eigenvalue weighted by Crippen LogP contribution is 2.47. The van der Waals surface area contributed by atoms with Gasteiger partial charge < -0.3 is 10.1 Å². The van der Waals surface area contributed by atoms with Gasteiger partial charge in [-0.05, 0) is 67.1 Å². The Morgan fingerprint density at radius 1 is 1.00 bits per heavy atom. The van der Waals surface area contributed by atoms with Crippen LogP contribution < -0.4 is 5.32 Å². The van der Waals surface area contributed by atoms with Gasteiger partial charge in [-0.2, -0.15) is 0 Å². The number of nitrogens with one attached hydrogen (secondary N) is 1. The van der Waals surface area contributed by atoms with Gasteiger partial charge in [0.25, 0.3) is 0 Å². The molecule has 0 aromatic heterocycles. The highest BCUT2D eigenvalue weighted by Gasteiger charge is 2.42. The molecule has 0 amide bonds. The smallest absolute Gasteiger partial charge is 0.337 e. The standard InChI is InChI=1S/C30H28ClNO3/c1-17(2)35-30(34)27-18(3)32-25-15-21(19-11-13-22(31)14-12-19)16-26(33)29(25)28(27)24-10-6-8-20-7-4-5-9-23(20)24/h4-14,17,21,28,32H,15-16H2,1-3H3/t21-,28+/m1/s1. The first-order valence-electron chi connectivity index (χ1n) is 12.0. The van der Waals surface area contributed by atoms with Gasteiger partial charge in [0.1, 0.15) is 0 Å². The second-order valence-corrected chi connectivity index (χ2v) is 10.0. The summed E-state index contributed by atoms with van der Waals surface area (Å²) in [7, 11) is 0. The van der Waals surface area contributed by atoms with Gasteiger partial charge in [0, 0.05) is 34.3 Å². The highest BCUT2D eigenvalue weighted by molar-refractivity contribution is 6.30. The molecule has 0 radical (unpaired) electrons. The third-order valence-corrected chi connectivity index (χ3v) is 7.12. The number of allylic oxidation sites excluding steroid dienone is 3. The summed E-state index contributed by atoms with van der Waals surface area (Å²) in [4.78, 5) is 27.2. The summed E-state index contributed by atoms with van der Waals surface area (Å²) in [6, 6.07) is 21.9. The van der Waals surface area contributed by atoms with Crippen LogP contribution in [0, 0.1) is 0 Å². The van der Waals surface area contributed by atoms with Gasteiger partial charge in [0.2, 0.25) is 0 Å². The SMILES string of the molecule is CC1=C(C(=O)OC(C)C)[C@H](c2cccc3ccccc23)C2=C(C[C@@H](c3ccc(Cl)cc3)CC2=O)N1. The predicted molar refractivity (Wildman–Crippen MR) is 139 cm³/mol. The molecule has 2 aliphatic rings. The molecule has 0 fully saturated rings. The van der Waals surface area contributed by atoms with E-state index in [1.165, 1.54) is 0 Å². The zero-order chi connectivity index (χ0) is 24.7. The minimum absolute atomic E-state index is 0.0520. The molecular weight excluding hydrogens is 458 g/mol. The molecule has 1 N–H and O–H groups in total. The number of ether oxygens (including phenoxy) is 1. The van der Waals surface area contributed by atoms with Crippen LogP contribution in [0.25, 0.3) is 10.8 Å². The lowest BCUT2D eigenvalue weighted by molar-refractivity contribution is -0.143. The van der Waals surface area contributed by atoms with E-state index in [0.717, 1.165) is 33.3 Å². The van der Waals surface area contributed by atoms with Crippen molar-refractivity contribution < 1.29 is 14.3 Å². The van der Waals surface area contributed by atoms with Crippen molar-refractivity contribution in [1.82, 2.24) is 5.32 Å². The Bertz CT molecular complexity index is 1380. The number of fused-ring (bicyclic) bond motifs is 1. The number of benzene rings is 3. The van der Waals surface area contributed by atoms with Crippen LogP contribution in [0.15, 0.2) is 89.3 Å². The second-order valence-electron chi connectivity index (χ2n) is 9.59. The van der Waals surface area contributed by atoms with E-state index in [2.05, 4.69) is 23.5 Å². The number of esters is 1. The van der Waals surface area contributed by atoms with Gasteiger partial charge in [-0.25, -0.2) is 4.79 Å². The summed E-state index contributed by atoms with van der Waals surface area (Å²) in [6.07, 6.45) is 0.811. The number of carbonyl (C=O) groups excluding carboxylic acids is 2. The lowest BCUT2D eigenvalue weighted by atomic mass is 9.71. The van der Waals surface area contributed by atoms with Gasteiger partial charge in [-0.1, -0.05) is 66.2 Å². The predicted octanol–water partition coefficient (Wildman–Crippen LogP) is 6.81. The molecule has 2 atom stereocenters. The van der Waals surface area contributed by atoms with E-state index in [-0.39, 0.29) is 23.8 Å². The lowest BCUT2D eigenvalue weighted by Crippen LogP contribution is -2.36. The number of rotatable bonds is 4. The molecule has 0 bridgehead atoms. The van der Waals surface area contributed by atoms with Crippen LogP contribution in [0.1, 0.15) is 56.6 Å². The van der Waals surface area contributed by atoms with Gasteiger partial charge >= 0.3 is 5.97 Å². The number of halogens is 1. The Morgan fingerprint density at radius 3 is 2.46 bits per heavy atom. The molecule has 3 aromatic rings. The zero-order valence-electron chi connectivity index (χ0n) is 20.1. The number of carbonyl (C=O) groups is 2. The van der Waals surface area contributed by atoms with Crippen LogP contribution in [0.4, 0.5) is 0 Å². The van der Waals surface area contributed by atoms with Crippen LogP contribution in [0.2, 0.25) is 5.02 Å². The van der Waals surface area contributed by atoms with Gasteiger partial charge in [-0.3, -0.25) is 4.79 Å². The van der Waals surface area contributed by atoms with E-state index in [0.29, 0.717) is 29.0 Å². The van der Waals surface area contributed by atoms with E-state index < -0.39 is 5.92 Å². The molecule has 0 saturated carbocycles. The Kier molecular flexibility index (Phi) is 6.24. The van der Waals surface area contributed by atoms with E-state index in [4.69, 9.17) is 16.3 Å². The normalized spacial score (nSPS) is 20.2. The molecule has 35 heavy (non-hydrogen) atoms. The van der Waals surface area contributed by atoms with Crippen molar-refractivity contribution in [2.24, 2.45) is 0 Å². The third-order valence-electron chi connectivity index (χ3n) is 6.87. The molecule has 0 spiro atoms. The van der Waals surface area contributed by atoms with Crippen molar-refractivity contribution >= 4 is 34.1 Å². The van der Waals surface area contributed by atoms with Gasteiger partial charge in [0.05, 0.1) is 11.7 Å². The molecule has 1 aliphatic carbocycles. The minimum atomic E-state index is -0.484.